The molecule has 0 saturated heterocycles. The van der Waals surface area contributed by atoms with E-state index < -0.39 is 6.09 Å². The Labute approximate surface area is 113 Å². The highest BCUT2D eigenvalue weighted by Crippen LogP contribution is 1.99. The van der Waals surface area contributed by atoms with Crippen LogP contribution in [-0.4, -0.2) is 6.09 Å². The molecule has 0 atom stereocenters. The molecule has 4 heteroatoms. The Morgan fingerprint density at radius 3 is 1.74 bits per heavy atom. The molecule has 0 fully saturated rings. The van der Waals surface area contributed by atoms with Crippen LogP contribution in [0.5, 0.6) is 0 Å². The van der Waals surface area contributed by atoms with Crippen molar-refractivity contribution in [1.82, 2.24) is 0 Å². The van der Waals surface area contributed by atoms with E-state index in [1.165, 1.54) is 5.56 Å². The van der Waals surface area contributed by atoms with Crippen molar-refractivity contribution >= 4 is 6.09 Å². The van der Waals surface area contributed by atoms with Gasteiger partial charge in [-0.25, -0.2) is 4.79 Å². The molecule has 0 bridgehead atoms. The second-order valence-corrected chi connectivity index (χ2v) is 3.78. The largest absolute Gasteiger partial charge is 0.445 e. The minimum atomic E-state index is -0.742. The van der Waals surface area contributed by atoms with E-state index in [2.05, 4.69) is 4.74 Å². The molecule has 0 unspecified atom stereocenters. The molecule has 4 N–H and O–H groups in total. The molecule has 0 aromatic heterocycles. The van der Waals surface area contributed by atoms with E-state index >= 15 is 0 Å². The zero-order valence-electron chi connectivity index (χ0n) is 10.7. The normalized spacial score (nSPS) is 9.11. The van der Waals surface area contributed by atoms with Crippen LogP contribution in [0, 0.1) is 0 Å². The van der Waals surface area contributed by atoms with Crippen LogP contribution in [0.25, 0.3) is 0 Å². The molecule has 1 amide bonds. The first-order chi connectivity index (χ1) is 9.22. The number of benzene rings is 2. The number of primary amides is 1. The van der Waals surface area contributed by atoms with Crippen molar-refractivity contribution in [2.45, 2.75) is 13.2 Å². The maximum atomic E-state index is 10.2. The predicted octanol–water partition coefficient (Wildman–Crippen LogP) is 2.43. The van der Waals surface area contributed by atoms with E-state index in [-0.39, 0.29) is 6.61 Å². The van der Waals surface area contributed by atoms with Crippen molar-refractivity contribution in [1.29, 1.82) is 0 Å². The maximum absolute atomic E-state index is 10.2. The third kappa shape index (κ3) is 6.85. The average molecular weight is 258 g/mol. The predicted molar refractivity (Wildman–Crippen MR) is 75.1 cm³/mol. The van der Waals surface area contributed by atoms with Gasteiger partial charge in [0.1, 0.15) is 6.61 Å². The molecule has 0 heterocycles. The lowest BCUT2D eigenvalue weighted by atomic mass is 10.2. The van der Waals surface area contributed by atoms with E-state index in [4.69, 9.17) is 11.5 Å². The molecule has 0 aliphatic carbocycles. The van der Waals surface area contributed by atoms with Gasteiger partial charge in [0, 0.05) is 6.54 Å². The first-order valence-corrected chi connectivity index (χ1v) is 5.92. The number of amides is 1. The van der Waals surface area contributed by atoms with Crippen LogP contribution in [0.4, 0.5) is 4.79 Å². The van der Waals surface area contributed by atoms with Crippen LogP contribution in [-0.2, 0) is 17.9 Å². The molecule has 4 nitrogen and oxygen atoms in total. The van der Waals surface area contributed by atoms with Gasteiger partial charge in [-0.05, 0) is 11.1 Å². The van der Waals surface area contributed by atoms with E-state index in [1.807, 2.05) is 60.7 Å². The molecule has 0 spiro atoms. The number of rotatable bonds is 3. The van der Waals surface area contributed by atoms with Gasteiger partial charge in [0.15, 0.2) is 0 Å². The van der Waals surface area contributed by atoms with Gasteiger partial charge < -0.3 is 16.2 Å². The molecule has 0 aliphatic rings. The maximum Gasteiger partial charge on any atom is 0.404 e. The summed E-state index contributed by atoms with van der Waals surface area (Å²) in [5.74, 6) is 0. The van der Waals surface area contributed by atoms with E-state index in [9.17, 15) is 4.79 Å². The molecule has 19 heavy (non-hydrogen) atoms. The minimum Gasteiger partial charge on any atom is -0.445 e. The first-order valence-electron chi connectivity index (χ1n) is 5.92. The number of carbonyl (C=O) groups is 1. The number of nitrogens with two attached hydrogens (primary N) is 2. The van der Waals surface area contributed by atoms with E-state index in [0.29, 0.717) is 6.54 Å². The van der Waals surface area contributed by atoms with Gasteiger partial charge in [-0.15, -0.1) is 0 Å². The van der Waals surface area contributed by atoms with Gasteiger partial charge in [-0.3, -0.25) is 0 Å². The molecular formula is C15H18N2O2. The SMILES string of the molecule is NC(=O)OCc1ccccc1.NCc1ccccc1. The van der Waals surface area contributed by atoms with Gasteiger partial charge in [-0.1, -0.05) is 60.7 Å². The summed E-state index contributed by atoms with van der Waals surface area (Å²) in [4.78, 5) is 10.2. The van der Waals surface area contributed by atoms with Crippen LogP contribution in [0.3, 0.4) is 0 Å². The third-order valence-electron chi connectivity index (χ3n) is 2.30. The van der Waals surface area contributed by atoms with Crippen molar-refractivity contribution in [3.63, 3.8) is 0 Å². The monoisotopic (exact) mass is 258 g/mol. The Morgan fingerprint density at radius 1 is 0.895 bits per heavy atom. The molecule has 2 rings (SSSR count). The van der Waals surface area contributed by atoms with Crippen molar-refractivity contribution in [2.75, 3.05) is 0 Å². The number of carbonyl (C=O) groups excluding carboxylic acids is 1. The highest BCUT2D eigenvalue weighted by molar-refractivity contribution is 5.64. The van der Waals surface area contributed by atoms with Crippen molar-refractivity contribution in [3.05, 3.63) is 71.8 Å². The highest BCUT2D eigenvalue weighted by atomic mass is 16.5. The van der Waals surface area contributed by atoms with E-state index in [1.54, 1.807) is 0 Å². The fraction of sp³-hybridized carbons (Fsp3) is 0.133. The van der Waals surface area contributed by atoms with E-state index in [0.717, 1.165) is 5.56 Å². The Bertz CT molecular complexity index is 472. The Kier molecular flexibility index (Phi) is 6.76. The number of hydrogen-bond donors (Lipinski definition) is 2. The van der Waals surface area contributed by atoms with Crippen LogP contribution >= 0.6 is 0 Å². The summed E-state index contributed by atoms with van der Waals surface area (Å²) < 4.78 is 4.57. The molecule has 0 radical (unpaired) electrons. The molecule has 0 saturated carbocycles. The van der Waals surface area contributed by atoms with Gasteiger partial charge in [0.2, 0.25) is 0 Å². The summed E-state index contributed by atoms with van der Waals surface area (Å²) in [5.41, 5.74) is 12.3. The molecule has 2 aromatic rings. The quantitative estimate of drug-likeness (QED) is 0.887. The first kappa shape index (κ1) is 14.7. The van der Waals surface area contributed by atoms with Crippen molar-refractivity contribution in [2.24, 2.45) is 11.5 Å². The van der Waals surface area contributed by atoms with Gasteiger partial charge >= 0.3 is 6.09 Å². The zero-order valence-corrected chi connectivity index (χ0v) is 10.7. The third-order valence-corrected chi connectivity index (χ3v) is 2.30. The number of ether oxygens (including phenoxy) is 1. The second kappa shape index (κ2) is 8.72. The molecular weight excluding hydrogens is 240 g/mol. The summed E-state index contributed by atoms with van der Waals surface area (Å²) in [6, 6.07) is 19.4. The number of hydrogen-bond acceptors (Lipinski definition) is 3. The lowest BCUT2D eigenvalue weighted by Gasteiger charge is -1.99. The fourth-order valence-electron chi connectivity index (χ4n) is 1.34. The topological polar surface area (TPSA) is 78.3 Å². The van der Waals surface area contributed by atoms with Crippen molar-refractivity contribution < 1.29 is 9.53 Å². The van der Waals surface area contributed by atoms with Crippen LogP contribution in [0.1, 0.15) is 11.1 Å². The van der Waals surface area contributed by atoms with Crippen LogP contribution in [0.2, 0.25) is 0 Å². The molecule has 2 aromatic carbocycles. The van der Waals surface area contributed by atoms with Gasteiger partial charge in [0.05, 0.1) is 0 Å². The van der Waals surface area contributed by atoms with Gasteiger partial charge in [0.25, 0.3) is 0 Å². The minimum absolute atomic E-state index is 0.246. The summed E-state index contributed by atoms with van der Waals surface area (Å²) >= 11 is 0. The van der Waals surface area contributed by atoms with Crippen LogP contribution in [0.15, 0.2) is 60.7 Å². The average Bonchev–Trinajstić information content (AvgIpc) is 2.48. The van der Waals surface area contributed by atoms with Crippen LogP contribution < -0.4 is 11.5 Å². The van der Waals surface area contributed by atoms with Gasteiger partial charge in [-0.2, -0.15) is 0 Å². The smallest absolute Gasteiger partial charge is 0.404 e. The molecule has 0 aliphatic heterocycles. The lowest BCUT2D eigenvalue weighted by Crippen LogP contribution is -2.12. The summed E-state index contributed by atoms with van der Waals surface area (Å²) in [6.07, 6.45) is -0.742. The summed E-state index contributed by atoms with van der Waals surface area (Å²) in [5, 5.41) is 0. The fourth-order valence-corrected chi connectivity index (χ4v) is 1.34. The second-order valence-electron chi connectivity index (χ2n) is 3.78. The Hall–Kier alpha value is -2.33. The summed E-state index contributed by atoms with van der Waals surface area (Å²) in [6.45, 7) is 0.886. The van der Waals surface area contributed by atoms with Crippen molar-refractivity contribution in [3.8, 4) is 0 Å². The Morgan fingerprint density at radius 2 is 1.37 bits per heavy atom. The summed E-state index contributed by atoms with van der Waals surface area (Å²) in [7, 11) is 0. The zero-order chi connectivity index (χ0) is 13.9. The Balaban J connectivity index is 0.000000200. The highest BCUT2D eigenvalue weighted by Gasteiger charge is 1.93. The standard InChI is InChI=1S/C8H9NO2.C7H9N/c9-8(10)11-6-7-4-2-1-3-5-7;8-6-7-4-2-1-3-5-7/h1-5H,6H2,(H2,9,10);1-5H,6,8H2. The molecule has 100 valence electrons. The lowest BCUT2D eigenvalue weighted by molar-refractivity contribution is 0.150.